The van der Waals surface area contributed by atoms with Crippen molar-refractivity contribution in [2.75, 3.05) is 13.3 Å². The maximum atomic E-state index is 12.8. The third-order valence-electron chi connectivity index (χ3n) is 4.68. The Bertz CT molecular complexity index is 926. The second-order valence-corrected chi connectivity index (χ2v) is 6.87. The van der Waals surface area contributed by atoms with Gasteiger partial charge in [0.05, 0.1) is 12.8 Å². The van der Waals surface area contributed by atoms with Crippen LogP contribution in [0.15, 0.2) is 41.0 Å². The number of fused-ring (bicyclic) bond motifs is 1. The zero-order chi connectivity index (χ0) is 19.7. The topological polar surface area (TPSA) is 110 Å². The van der Waals surface area contributed by atoms with Crippen LogP contribution in [0.2, 0.25) is 0 Å². The van der Waals surface area contributed by atoms with Crippen molar-refractivity contribution >= 4 is 17.8 Å². The van der Waals surface area contributed by atoms with E-state index in [1.165, 1.54) is 6.26 Å². The molecule has 2 aromatic rings. The molecular formula is C19H19N3O6. The second kappa shape index (κ2) is 6.91. The standard InChI is InChI=1S/C19H19N3O6/c1-19(8-12-4-5-14-15(7-12)28-11-27-14)17(24)22(18(25)21-19)10-16(23)20-9-13-3-2-6-26-13/h2-7H,8-11H2,1H3,(H,20,23)(H,21,25)/t19-/m1/s1. The number of nitrogens with one attached hydrogen (secondary N) is 2. The highest BCUT2D eigenvalue weighted by Crippen LogP contribution is 2.34. The van der Waals surface area contributed by atoms with Gasteiger partial charge in [-0.2, -0.15) is 0 Å². The Hall–Kier alpha value is -3.49. The van der Waals surface area contributed by atoms with Crippen molar-refractivity contribution in [1.29, 1.82) is 0 Å². The van der Waals surface area contributed by atoms with Gasteiger partial charge < -0.3 is 24.5 Å². The van der Waals surface area contributed by atoms with Gasteiger partial charge in [-0.1, -0.05) is 6.07 Å². The van der Waals surface area contributed by atoms with Gasteiger partial charge in [-0.25, -0.2) is 4.79 Å². The number of furan rings is 1. The van der Waals surface area contributed by atoms with Crippen LogP contribution in [0.4, 0.5) is 4.79 Å². The normalized spacial score (nSPS) is 20.4. The lowest BCUT2D eigenvalue weighted by molar-refractivity contribution is -0.134. The lowest BCUT2D eigenvalue weighted by Gasteiger charge is -2.21. The molecule has 4 amide bonds. The highest BCUT2D eigenvalue weighted by Gasteiger charge is 2.48. The number of amides is 4. The molecule has 1 saturated heterocycles. The predicted molar refractivity (Wildman–Crippen MR) is 95.5 cm³/mol. The Morgan fingerprint density at radius 3 is 2.86 bits per heavy atom. The summed E-state index contributed by atoms with van der Waals surface area (Å²) in [5, 5.41) is 5.31. The summed E-state index contributed by atoms with van der Waals surface area (Å²) in [5.41, 5.74) is -0.337. The molecule has 0 radical (unpaired) electrons. The first-order valence-corrected chi connectivity index (χ1v) is 8.76. The average Bonchev–Trinajstić information content (AvgIpc) is 3.38. The fourth-order valence-corrected chi connectivity index (χ4v) is 3.27. The Morgan fingerprint density at radius 1 is 1.25 bits per heavy atom. The summed E-state index contributed by atoms with van der Waals surface area (Å²) in [6.45, 7) is 1.62. The molecule has 1 aromatic carbocycles. The molecule has 4 rings (SSSR count). The van der Waals surface area contributed by atoms with Crippen LogP contribution in [0.1, 0.15) is 18.2 Å². The van der Waals surface area contributed by atoms with E-state index in [2.05, 4.69) is 10.6 Å². The minimum Gasteiger partial charge on any atom is -0.467 e. The summed E-state index contributed by atoms with van der Waals surface area (Å²) < 4.78 is 15.8. The first-order valence-electron chi connectivity index (χ1n) is 8.76. The first kappa shape index (κ1) is 17.9. The van der Waals surface area contributed by atoms with Crippen LogP contribution in [0.3, 0.4) is 0 Å². The number of rotatable bonds is 6. The number of ether oxygens (including phenoxy) is 2. The van der Waals surface area contributed by atoms with Gasteiger partial charge >= 0.3 is 6.03 Å². The minimum atomic E-state index is -1.15. The van der Waals surface area contributed by atoms with Gasteiger partial charge in [0.15, 0.2) is 11.5 Å². The van der Waals surface area contributed by atoms with E-state index < -0.39 is 23.4 Å². The van der Waals surface area contributed by atoms with Gasteiger partial charge in [0, 0.05) is 6.42 Å². The Morgan fingerprint density at radius 2 is 2.07 bits per heavy atom. The predicted octanol–water partition coefficient (Wildman–Crippen LogP) is 1.18. The van der Waals surface area contributed by atoms with Crippen molar-refractivity contribution in [3.05, 3.63) is 47.9 Å². The van der Waals surface area contributed by atoms with Crippen LogP contribution in [-0.2, 0) is 22.6 Å². The SMILES string of the molecule is C[C@]1(Cc2ccc3c(c2)OCO3)NC(=O)N(CC(=O)NCc2ccco2)C1=O. The number of imide groups is 1. The fraction of sp³-hybridized carbons (Fsp3) is 0.316. The van der Waals surface area contributed by atoms with Crippen molar-refractivity contribution in [2.45, 2.75) is 25.4 Å². The fourth-order valence-electron chi connectivity index (χ4n) is 3.27. The number of carbonyl (C=O) groups is 3. The molecule has 9 heteroatoms. The van der Waals surface area contributed by atoms with Crippen molar-refractivity contribution < 1.29 is 28.3 Å². The maximum Gasteiger partial charge on any atom is 0.325 e. The minimum absolute atomic E-state index is 0.159. The number of carbonyl (C=O) groups excluding carboxylic acids is 3. The Kier molecular flexibility index (Phi) is 4.42. The number of hydrogen-bond acceptors (Lipinski definition) is 6. The number of nitrogens with zero attached hydrogens (tertiary/aromatic N) is 1. The first-order chi connectivity index (χ1) is 13.4. The quantitative estimate of drug-likeness (QED) is 0.723. The lowest BCUT2D eigenvalue weighted by Crippen LogP contribution is -2.46. The molecule has 3 heterocycles. The van der Waals surface area contributed by atoms with Crippen LogP contribution in [-0.4, -0.2) is 41.6 Å². The summed E-state index contributed by atoms with van der Waals surface area (Å²) in [5.74, 6) is 0.923. The van der Waals surface area contributed by atoms with Crippen LogP contribution in [0, 0.1) is 0 Å². The zero-order valence-electron chi connectivity index (χ0n) is 15.2. The third kappa shape index (κ3) is 3.38. The van der Waals surface area contributed by atoms with E-state index in [0.29, 0.717) is 17.3 Å². The van der Waals surface area contributed by atoms with Crippen LogP contribution >= 0.6 is 0 Å². The zero-order valence-corrected chi connectivity index (χ0v) is 15.2. The van der Waals surface area contributed by atoms with Crippen LogP contribution in [0.5, 0.6) is 11.5 Å². The molecule has 1 fully saturated rings. The van der Waals surface area contributed by atoms with Gasteiger partial charge in [0.1, 0.15) is 17.8 Å². The van der Waals surface area contributed by atoms with E-state index in [1.54, 1.807) is 31.2 Å². The van der Waals surface area contributed by atoms with Crippen molar-refractivity contribution in [2.24, 2.45) is 0 Å². The average molecular weight is 385 g/mol. The van der Waals surface area contributed by atoms with E-state index in [1.807, 2.05) is 6.07 Å². The van der Waals surface area contributed by atoms with E-state index >= 15 is 0 Å². The smallest absolute Gasteiger partial charge is 0.325 e. The number of urea groups is 1. The summed E-state index contributed by atoms with van der Waals surface area (Å²) >= 11 is 0. The molecule has 146 valence electrons. The summed E-state index contributed by atoms with van der Waals surface area (Å²) in [4.78, 5) is 38.2. The van der Waals surface area contributed by atoms with Gasteiger partial charge in [0.25, 0.3) is 5.91 Å². The van der Waals surface area contributed by atoms with Gasteiger partial charge in [0.2, 0.25) is 12.7 Å². The Balaban J connectivity index is 1.40. The molecule has 2 aliphatic rings. The Labute approximate surface area is 160 Å². The molecule has 0 saturated carbocycles. The lowest BCUT2D eigenvalue weighted by atomic mass is 9.92. The molecule has 28 heavy (non-hydrogen) atoms. The number of benzene rings is 1. The summed E-state index contributed by atoms with van der Waals surface area (Å²) in [6.07, 6.45) is 1.76. The molecular weight excluding hydrogens is 366 g/mol. The molecule has 1 aromatic heterocycles. The van der Waals surface area contributed by atoms with Crippen molar-refractivity contribution in [3.8, 4) is 11.5 Å². The molecule has 0 bridgehead atoms. The molecule has 0 unspecified atom stereocenters. The molecule has 2 aliphatic heterocycles. The van der Waals surface area contributed by atoms with Gasteiger partial charge in [-0.05, 0) is 36.8 Å². The molecule has 9 nitrogen and oxygen atoms in total. The molecule has 0 spiro atoms. The van der Waals surface area contributed by atoms with Crippen molar-refractivity contribution in [3.63, 3.8) is 0 Å². The van der Waals surface area contributed by atoms with E-state index in [0.717, 1.165) is 10.5 Å². The van der Waals surface area contributed by atoms with E-state index in [9.17, 15) is 14.4 Å². The number of hydrogen-bond donors (Lipinski definition) is 2. The second-order valence-electron chi connectivity index (χ2n) is 6.87. The maximum absolute atomic E-state index is 12.8. The van der Waals surface area contributed by atoms with Gasteiger partial charge in [-0.15, -0.1) is 0 Å². The highest BCUT2D eigenvalue weighted by molar-refractivity contribution is 6.08. The monoisotopic (exact) mass is 385 g/mol. The highest BCUT2D eigenvalue weighted by atomic mass is 16.7. The van der Waals surface area contributed by atoms with Gasteiger partial charge in [-0.3, -0.25) is 14.5 Å². The molecule has 2 N–H and O–H groups in total. The van der Waals surface area contributed by atoms with E-state index in [4.69, 9.17) is 13.9 Å². The molecule has 1 atom stereocenters. The largest absolute Gasteiger partial charge is 0.467 e. The van der Waals surface area contributed by atoms with Crippen LogP contribution < -0.4 is 20.1 Å². The molecule has 0 aliphatic carbocycles. The van der Waals surface area contributed by atoms with E-state index in [-0.39, 0.29) is 26.3 Å². The summed E-state index contributed by atoms with van der Waals surface area (Å²) in [6, 6.07) is 8.20. The third-order valence-corrected chi connectivity index (χ3v) is 4.68. The summed E-state index contributed by atoms with van der Waals surface area (Å²) in [7, 11) is 0. The van der Waals surface area contributed by atoms with Crippen LogP contribution in [0.25, 0.3) is 0 Å². The van der Waals surface area contributed by atoms with Crippen molar-refractivity contribution in [1.82, 2.24) is 15.5 Å².